The van der Waals surface area contributed by atoms with Gasteiger partial charge in [-0.05, 0) is 66.8 Å². The Labute approximate surface area is 190 Å². The number of fused-ring (bicyclic) bond motifs is 1. The molecule has 0 aromatic heterocycles. The van der Waals surface area contributed by atoms with Crippen LogP contribution in [0, 0.1) is 11.3 Å². The molecule has 0 aliphatic heterocycles. The zero-order chi connectivity index (χ0) is 23.9. The van der Waals surface area contributed by atoms with E-state index >= 15 is 0 Å². The molecule has 2 fully saturated rings. The molecule has 2 aliphatic carbocycles. The maximum absolute atomic E-state index is 13.2. The van der Waals surface area contributed by atoms with Crippen LogP contribution >= 0.6 is 0 Å². The van der Waals surface area contributed by atoms with E-state index in [0.717, 1.165) is 32.1 Å². The minimum absolute atomic E-state index is 0.000783. The van der Waals surface area contributed by atoms with Gasteiger partial charge in [0.15, 0.2) is 14.0 Å². The van der Waals surface area contributed by atoms with Crippen molar-refractivity contribution < 1.29 is 22.8 Å². The van der Waals surface area contributed by atoms with Crippen molar-refractivity contribution in [1.29, 1.82) is 0 Å². The molecule has 0 unspecified atom stereocenters. The fourth-order valence-electron chi connectivity index (χ4n) is 5.16. The van der Waals surface area contributed by atoms with Crippen molar-refractivity contribution in [2.75, 3.05) is 0 Å². The summed E-state index contributed by atoms with van der Waals surface area (Å²) < 4.78 is 46.4. The second-order valence-electron chi connectivity index (χ2n) is 11.1. The molecule has 178 valence electrons. The van der Waals surface area contributed by atoms with Crippen LogP contribution in [0.2, 0.25) is 18.1 Å². The number of alkyl halides is 3. The van der Waals surface area contributed by atoms with E-state index in [9.17, 15) is 13.2 Å². The fourth-order valence-corrected chi connectivity index (χ4v) is 6.55. The van der Waals surface area contributed by atoms with Crippen molar-refractivity contribution in [2.45, 2.75) is 90.2 Å². The molecule has 2 saturated carbocycles. The average molecular weight is 468 g/mol. The first-order valence-corrected chi connectivity index (χ1v) is 14.4. The molecule has 7 heteroatoms. The summed E-state index contributed by atoms with van der Waals surface area (Å²) in [4.78, 5) is 0. The average Bonchev–Trinajstić information content (AvgIpc) is 2.97. The number of hydrogen-bond donors (Lipinski definition) is 1. The molecule has 1 aromatic carbocycles. The van der Waals surface area contributed by atoms with Crippen molar-refractivity contribution in [3.8, 4) is 0 Å². The molecule has 1 N–H and O–H groups in total. The summed E-state index contributed by atoms with van der Waals surface area (Å²) in [6.45, 7) is 13.7. The first-order chi connectivity index (χ1) is 14.7. The highest BCUT2D eigenvalue weighted by molar-refractivity contribution is 6.74. The number of halogens is 3. The normalized spacial score (nSPS) is 28.8. The van der Waals surface area contributed by atoms with Crippen LogP contribution < -0.4 is 0 Å². The molecule has 0 radical (unpaired) electrons. The Morgan fingerprint density at radius 2 is 1.91 bits per heavy atom. The predicted octanol–water partition coefficient (Wildman–Crippen LogP) is 7.80. The highest BCUT2D eigenvalue weighted by Gasteiger charge is 2.51. The summed E-state index contributed by atoms with van der Waals surface area (Å²) in [6.07, 6.45) is 2.82. The van der Waals surface area contributed by atoms with Gasteiger partial charge in [-0.1, -0.05) is 69.1 Å². The molecule has 0 spiro atoms. The molecule has 3 atom stereocenters. The van der Waals surface area contributed by atoms with Crippen molar-refractivity contribution in [3.05, 3.63) is 41.0 Å². The largest absolute Gasteiger partial charge is 0.437 e. The Kier molecular flexibility index (Phi) is 6.75. The van der Waals surface area contributed by atoms with Crippen LogP contribution in [-0.4, -0.2) is 31.5 Å². The first-order valence-electron chi connectivity index (χ1n) is 11.5. The summed E-state index contributed by atoms with van der Waals surface area (Å²) in [7, 11) is -1.89. The van der Waals surface area contributed by atoms with Gasteiger partial charge in [-0.25, -0.2) is 0 Å². The highest BCUT2D eigenvalue weighted by Crippen LogP contribution is 2.57. The molecular weight excluding hydrogens is 431 g/mol. The lowest BCUT2D eigenvalue weighted by molar-refractivity contribution is -0.0601. The van der Waals surface area contributed by atoms with E-state index in [1.54, 1.807) is 6.07 Å². The van der Waals surface area contributed by atoms with Gasteiger partial charge in [-0.2, -0.15) is 13.2 Å². The maximum atomic E-state index is 13.2. The van der Waals surface area contributed by atoms with Gasteiger partial charge >= 0.3 is 6.18 Å². The Morgan fingerprint density at radius 1 is 1.22 bits per heavy atom. The zero-order valence-corrected chi connectivity index (χ0v) is 21.0. The number of rotatable bonds is 4. The Morgan fingerprint density at radius 3 is 2.50 bits per heavy atom. The van der Waals surface area contributed by atoms with Crippen LogP contribution in [-0.2, 0) is 4.43 Å². The molecule has 3 rings (SSSR count). The number of nitrogens with zero attached hydrogens (tertiary/aromatic N) is 1. The van der Waals surface area contributed by atoms with Crippen LogP contribution in [0.25, 0.3) is 6.08 Å². The monoisotopic (exact) mass is 467 g/mol. The lowest BCUT2D eigenvalue weighted by Crippen LogP contribution is -2.49. The fraction of sp³-hybridized carbons (Fsp3) is 0.640. The van der Waals surface area contributed by atoms with Gasteiger partial charge in [-0.3, -0.25) is 0 Å². The number of benzene rings is 1. The van der Waals surface area contributed by atoms with E-state index in [2.05, 4.69) is 45.9 Å². The minimum atomic E-state index is -4.71. The second-order valence-corrected chi connectivity index (χ2v) is 15.9. The minimum Gasteiger partial charge on any atom is -0.414 e. The van der Waals surface area contributed by atoms with Crippen LogP contribution in [0.3, 0.4) is 0 Å². The predicted molar refractivity (Wildman–Crippen MR) is 126 cm³/mol. The molecule has 1 aromatic rings. The van der Waals surface area contributed by atoms with Crippen molar-refractivity contribution in [3.63, 3.8) is 0 Å². The lowest BCUT2D eigenvalue weighted by atomic mass is 9.66. The van der Waals surface area contributed by atoms with Crippen LogP contribution in [0.4, 0.5) is 13.2 Å². The first kappa shape index (κ1) is 25.0. The highest BCUT2D eigenvalue weighted by atomic mass is 28.4. The zero-order valence-electron chi connectivity index (χ0n) is 20.0. The lowest BCUT2D eigenvalue weighted by Gasteiger charge is -2.47. The van der Waals surface area contributed by atoms with Crippen LogP contribution in [0.5, 0.6) is 0 Å². The number of allylic oxidation sites excluding steroid dienone is 1. The van der Waals surface area contributed by atoms with Gasteiger partial charge in [-0.15, -0.1) is 0 Å². The van der Waals surface area contributed by atoms with Crippen molar-refractivity contribution in [2.24, 2.45) is 16.5 Å². The second kappa shape index (κ2) is 8.63. The van der Waals surface area contributed by atoms with E-state index in [-0.39, 0.29) is 22.1 Å². The van der Waals surface area contributed by atoms with E-state index in [0.29, 0.717) is 11.5 Å². The third kappa shape index (κ3) is 4.83. The maximum Gasteiger partial charge on any atom is 0.437 e. The van der Waals surface area contributed by atoms with Gasteiger partial charge in [0.05, 0.1) is 0 Å². The summed E-state index contributed by atoms with van der Waals surface area (Å²) in [5, 5.41) is 11.6. The Balaban J connectivity index is 1.88. The molecule has 3 nitrogen and oxygen atoms in total. The van der Waals surface area contributed by atoms with Crippen LogP contribution in [0.1, 0.15) is 70.9 Å². The summed E-state index contributed by atoms with van der Waals surface area (Å²) in [5.74, 6) is 0.435. The molecule has 32 heavy (non-hydrogen) atoms. The van der Waals surface area contributed by atoms with Gasteiger partial charge in [0, 0.05) is 11.7 Å². The summed E-state index contributed by atoms with van der Waals surface area (Å²) >= 11 is 0. The van der Waals surface area contributed by atoms with E-state index in [1.807, 2.05) is 12.1 Å². The third-order valence-corrected chi connectivity index (χ3v) is 12.5. The van der Waals surface area contributed by atoms with Gasteiger partial charge < -0.3 is 9.63 Å². The number of oxime groups is 1. The van der Waals surface area contributed by atoms with Crippen molar-refractivity contribution >= 4 is 20.1 Å². The van der Waals surface area contributed by atoms with Crippen LogP contribution in [0.15, 0.2) is 35.0 Å². The SMILES string of the molecule is CC(C)(C)[Si](C)(C)O[C@H]1CCC[C@]2(C)/C(=C\c3cccc(/C(=N\O)C(F)(F)F)c3)CC[C@@H]12. The standard InChI is InChI=1S/C25H36F3NO2Si/c1-23(2,3)32(5,6)31-21-11-8-14-24(4)19(12-13-20(21)24)16-17-9-7-10-18(15-17)22(29-30)25(26,27)28/h7,9-10,15-16,20-21,30H,8,11-14H2,1-6H3/b19-16-,29-22+/t20-,21-,24+/m0/s1. The number of hydrogen-bond acceptors (Lipinski definition) is 3. The molecule has 0 bridgehead atoms. The molecule has 2 aliphatic rings. The van der Waals surface area contributed by atoms with E-state index < -0.39 is 20.2 Å². The van der Waals surface area contributed by atoms with Gasteiger partial charge in [0.2, 0.25) is 0 Å². The van der Waals surface area contributed by atoms with E-state index in [1.165, 1.54) is 17.7 Å². The van der Waals surface area contributed by atoms with Gasteiger partial charge in [0.1, 0.15) is 0 Å². The summed E-state index contributed by atoms with van der Waals surface area (Å²) in [5.41, 5.74) is 0.597. The van der Waals surface area contributed by atoms with Gasteiger partial charge in [0.25, 0.3) is 0 Å². The topological polar surface area (TPSA) is 41.8 Å². The van der Waals surface area contributed by atoms with Crippen molar-refractivity contribution in [1.82, 2.24) is 0 Å². The smallest absolute Gasteiger partial charge is 0.414 e. The summed E-state index contributed by atoms with van der Waals surface area (Å²) in [6, 6.07) is 6.18. The molecule has 0 amide bonds. The Bertz CT molecular complexity index is 901. The Hall–Kier alpha value is -1.60. The molecule has 0 saturated heterocycles. The quantitative estimate of drug-likeness (QED) is 0.212. The van der Waals surface area contributed by atoms with E-state index in [4.69, 9.17) is 9.63 Å². The third-order valence-electron chi connectivity index (χ3n) is 8.03. The molecule has 0 heterocycles. The molecular formula is C25H36F3NO2Si.